The summed E-state index contributed by atoms with van der Waals surface area (Å²) in [5.41, 5.74) is 4.48. The summed E-state index contributed by atoms with van der Waals surface area (Å²) in [4.78, 5) is 17.6. The highest BCUT2D eigenvalue weighted by atomic mass is 19.1. The molecule has 1 amide bonds. The number of benzene rings is 1. The first-order valence-electron chi connectivity index (χ1n) is 11.4. The number of hydrogen-bond donors (Lipinski definition) is 0. The molecule has 2 aromatic rings. The number of aromatic nitrogens is 2. The van der Waals surface area contributed by atoms with Crippen LogP contribution in [0.3, 0.4) is 0 Å². The quantitative estimate of drug-likeness (QED) is 0.757. The van der Waals surface area contributed by atoms with E-state index in [1.807, 2.05) is 16.5 Å². The fourth-order valence-corrected chi connectivity index (χ4v) is 5.43. The van der Waals surface area contributed by atoms with Gasteiger partial charge in [0.1, 0.15) is 5.82 Å². The van der Waals surface area contributed by atoms with E-state index in [2.05, 4.69) is 4.90 Å². The number of aryl methyl sites for hydroxylation is 1. The van der Waals surface area contributed by atoms with Crippen LogP contribution in [0.5, 0.6) is 0 Å². The average Bonchev–Trinajstić information content (AvgIpc) is 3.34. The molecule has 3 aliphatic rings. The van der Waals surface area contributed by atoms with Crippen molar-refractivity contribution < 1.29 is 9.18 Å². The maximum Gasteiger partial charge on any atom is 0.223 e. The SMILES string of the molecule is Cc1nn(Cc2ccc(F)cc2)c2c1CCN(C(=O)CC1CC(N3CCCC3)C1)C2. The molecule has 1 aromatic heterocycles. The molecule has 0 spiro atoms. The highest BCUT2D eigenvalue weighted by Gasteiger charge is 2.37. The van der Waals surface area contributed by atoms with E-state index in [0.717, 1.165) is 36.0 Å². The lowest BCUT2D eigenvalue weighted by Crippen LogP contribution is -2.45. The zero-order valence-electron chi connectivity index (χ0n) is 17.8. The van der Waals surface area contributed by atoms with Crippen LogP contribution in [-0.4, -0.2) is 51.2 Å². The van der Waals surface area contributed by atoms with Gasteiger partial charge in [0.15, 0.2) is 0 Å². The molecule has 2 fully saturated rings. The van der Waals surface area contributed by atoms with Gasteiger partial charge in [-0.2, -0.15) is 5.10 Å². The molecule has 2 aliphatic heterocycles. The molecule has 160 valence electrons. The molecule has 6 heteroatoms. The van der Waals surface area contributed by atoms with E-state index in [0.29, 0.717) is 25.4 Å². The minimum absolute atomic E-state index is 0.225. The Morgan fingerprint density at radius 3 is 2.60 bits per heavy atom. The Morgan fingerprint density at radius 1 is 1.13 bits per heavy atom. The van der Waals surface area contributed by atoms with E-state index in [4.69, 9.17) is 5.10 Å². The zero-order valence-corrected chi connectivity index (χ0v) is 17.8. The summed E-state index contributed by atoms with van der Waals surface area (Å²) in [6.45, 7) is 6.58. The fraction of sp³-hybridized carbons (Fsp3) is 0.583. The van der Waals surface area contributed by atoms with Crippen molar-refractivity contribution in [2.45, 2.75) is 64.6 Å². The number of amides is 1. The van der Waals surface area contributed by atoms with Crippen molar-refractivity contribution in [2.24, 2.45) is 5.92 Å². The minimum Gasteiger partial charge on any atom is -0.336 e. The van der Waals surface area contributed by atoms with Crippen LogP contribution >= 0.6 is 0 Å². The summed E-state index contributed by atoms with van der Waals surface area (Å²) in [5, 5.41) is 4.73. The molecular formula is C24H31FN4O. The van der Waals surface area contributed by atoms with Gasteiger partial charge in [-0.15, -0.1) is 0 Å². The number of likely N-dealkylation sites (tertiary alicyclic amines) is 1. The van der Waals surface area contributed by atoms with Crippen molar-refractivity contribution in [3.63, 3.8) is 0 Å². The highest BCUT2D eigenvalue weighted by Crippen LogP contribution is 2.36. The summed E-state index contributed by atoms with van der Waals surface area (Å²) in [6.07, 6.45) is 6.60. The molecule has 1 aromatic carbocycles. The molecule has 1 saturated heterocycles. The van der Waals surface area contributed by atoms with Gasteiger partial charge in [-0.1, -0.05) is 12.1 Å². The average molecular weight is 411 g/mol. The Labute approximate surface area is 177 Å². The van der Waals surface area contributed by atoms with Crippen molar-refractivity contribution in [3.8, 4) is 0 Å². The van der Waals surface area contributed by atoms with Gasteiger partial charge in [-0.05, 0) is 81.3 Å². The third kappa shape index (κ3) is 3.89. The molecule has 5 rings (SSSR count). The number of nitrogens with zero attached hydrogens (tertiary/aromatic N) is 4. The number of halogens is 1. The van der Waals surface area contributed by atoms with Gasteiger partial charge in [-0.3, -0.25) is 9.48 Å². The van der Waals surface area contributed by atoms with Crippen LogP contribution < -0.4 is 0 Å². The number of carbonyl (C=O) groups is 1. The van der Waals surface area contributed by atoms with Gasteiger partial charge in [0.25, 0.3) is 0 Å². The van der Waals surface area contributed by atoms with Gasteiger partial charge in [0.05, 0.1) is 24.5 Å². The lowest BCUT2D eigenvalue weighted by Gasteiger charge is -2.41. The lowest BCUT2D eigenvalue weighted by atomic mass is 9.77. The summed E-state index contributed by atoms with van der Waals surface area (Å²) in [5.74, 6) is 0.616. The third-order valence-electron chi connectivity index (χ3n) is 7.27. The number of rotatable bonds is 5. The van der Waals surface area contributed by atoms with Crippen molar-refractivity contribution in [2.75, 3.05) is 19.6 Å². The third-order valence-corrected chi connectivity index (χ3v) is 7.27. The molecule has 0 radical (unpaired) electrons. The normalized spacial score (nSPS) is 24.0. The maximum absolute atomic E-state index is 13.2. The van der Waals surface area contributed by atoms with Crippen molar-refractivity contribution in [1.29, 1.82) is 0 Å². The van der Waals surface area contributed by atoms with Gasteiger partial charge < -0.3 is 9.80 Å². The molecule has 30 heavy (non-hydrogen) atoms. The van der Waals surface area contributed by atoms with Gasteiger partial charge in [-0.25, -0.2) is 4.39 Å². The molecule has 0 unspecified atom stereocenters. The van der Waals surface area contributed by atoms with Gasteiger partial charge >= 0.3 is 0 Å². The maximum atomic E-state index is 13.2. The summed E-state index contributed by atoms with van der Waals surface area (Å²) < 4.78 is 15.2. The Balaban J connectivity index is 1.21. The number of hydrogen-bond acceptors (Lipinski definition) is 3. The van der Waals surface area contributed by atoms with E-state index < -0.39 is 0 Å². The first-order chi connectivity index (χ1) is 14.6. The van der Waals surface area contributed by atoms with E-state index in [-0.39, 0.29) is 11.7 Å². The second-order valence-corrected chi connectivity index (χ2v) is 9.30. The Morgan fingerprint density at radius 2 is 1.87 bits per heavy atom. The smallest absolute Gasteiger partial charge is 0.223 e. The van der Waals surface area contributed by atoms with Crippen LogP contribution in [0.25, 0.3) is 0 Å². The minimum atomic E-state index is -0.225. The highest BCUT2D eigenvalue weighted by molar-refractivity contribution is 5.77. The topological polar surface area (TPSA) is 41.4 Å². The monoisotopic (exact) mass is 410 g/mol. The number of carbonyl (C=O) groups excluding carboxylic acids is 1. The van der Waals surface area contributed by atoms with Crippen molar-refractivity contribution >= 4 is 5.91 Å². The Kier molecular flexibility index (Phi) is 5.35. The first kappa shape index (κ1) is 19.7. The molecule has 0 bridgehead atoms. The molecule has 5 nitrogen and oxygen atoms in total. The lowest BCUT2D eigenvalue weighted by molar-refractivity contribution is -0.134. The van der Waals surface area contributed by atoms with Crippen LogP contribution in [0.1, 0.15) is 54.6 Å². The van der Waals surface area contributed by atoms with Crippen LogP contribution in [0.2, 0.25) is 0 Å². The Bertz CT molecular complexity index is 910. The predicted octanol–water partition coefficient (Wildman–Crippen LogP) is 3.53. The summed E-state index contributed by atoms with van der Waals surface area (Å²) in [7, 11) is 0. The second-order valence-electron chi connectivity index (χ2n) is 9.30. The van der Waals surface area contributed by atoms with Crippen LogP contribution in [0.15, 0.2) is 24.3 Å². The molecule has 1 aliphatic carbocycles. The molecule has 0 atom stereocenters. The van der Waals surface area contributed by atoms with Gasteiger partial charge in [0, 0.05) is 19.0 Å². The van der Waals surface area contributed by atoms with Gasteiger partial charge in [0.2, 0.25) is 5.91 Å². The second kappa shape index (κ2) is 8.14. The first-order valence-corrected chi connectivity index (χ1v) is 11.4. The Hall–Kier alpha value is -2.21. The van der Waals surface area contributed by atoms with Crippen molar-refractivity contribution in [3.05, 3.63) is 52.6 Å². The van der Waals surface area contributed by atoms with Crippen molar-refractivity contribution in [1.82, 2.24) is 19.6 Å². The van der Waals surface area contributed by atoms with E-state index in [9.17, 15) is 9.18 Å². The van der Waals surface area contributed by atoms with E-state index in [1.54, 1.807) is 12.1 Å². The summed E-state index contributed by atoms with van der Waals surface area (Å²) >= 11 is 0. The molecule has 1 saturated carbocycles. The molecule has 0 N–H and O–H groups in total. The number of fused-ring (bicyclic) bond motifs is 1. The largest absolute Gasteiger partial charge is 0.336 e. The fourth-order valence-electron chi connectivity index (χ4n) is 5.43. The molecular weight excluding hydrogens is 379 g/mol. The standard InChI is InChI=1S/C24H31FN4O/c1-17-22-8-11-28(24(30)14-19-12-21(13-19)27-9-2-3-10-27)16-23(22)29(26-17)15-18-4-6-20(25)7-5-18/h4-7,19,21H,2-3,8-16H2,1H3. The van der Waals surface area contributed by atoms with E-state index >= 15 is 0 Å². The predicted molar refractivity (Wildman–Crippen MR) is 114 cm³/mol. The molecule has 3 heterocycles. The van der Waals surface area contributed by atoms with Crippen LogP contribution in [0, 0.1) is 18.7 Å². The zero-order chi connectivity index (χ0) is 20.7. The van der Waals surface area contributed by atoms with Crippen LogP contribution in [0.4, 0.5) is 4.39 Å². The van der Waals surface area contributed by atoms with Crippen LogP contribution in [-0.2, 0) is 24.3 Å². The summed E-state index contributed by atoms with van der Waals surface area (Å²) in [6, 6.07) is 7.30. The van der Waals surface area contributed by atoms with E-state index in [1.165, 1.54) is 56.5 Å².